The van der Waals surface area contributed by atoms with Crippen LogP contribution in [-0.2, 0) is 24.3 Å². The Morgan fingerprint density at radius 1 is 0.971 bits per heavy atom. The van der Waals surface area contributed by atoms with Crippen LogP contribution >= 0.6 is 0 Å². The van der Waals surface area contributed by atoms with E-state index < -0.39 is 9.84 Å². The topological polar surface area (TPSA) is 105 Å². The summed E-state index contributed by atoms with van der Waals surface area (Å²) >= 11 is 0. The number of sulfone groups is 1. The summed E-state index contributed by atoms with van der Waals surface area (Å²) in [4.78, 5) is 33.4. The maximum absolute atomic E-state index is 13.2. The van der Waals surface area contributed by atoms with Gasteiger partial charge in [-0.15, -0.1) is 0 Å². The van der Waals surface area contributed by atoms with Crippen LogP contribution in [0.2, 0.25) is 0 Å². The SMILES string of the molecule is CCCN(C(=O)C1CCC(NC(=O)CC2CCC(S(=O)(=O)CC3CC3)CC2)CC1)C1CC(C)ON1. The second-order valence-corrected chi connectivity index (χ2v) is 13.9. The van der Waals surface area contributed by atoms with Crippen molar-refractivity contribution in [1.82, 2.24) is 15.7 Å². The van der Waals surface area contributed by atoms with Crippen molar-refractivity contribution in [2.45, 2.75) is 121 Å². The molecule has 1 saturated heterocycles. The Morgan fingerprint density at radius 3 is 2.20 bits per heavy atom. The highest BCUT2D eigenvalue weighted by Crippen LogP contribution is 2.36. The van der Waals surface area contributed by atoms with Gasteiger partial charge in [-0.3, -0.25) is 14.4 Å². The van der Waals surface area contributed by atoms with Crippen molar-refractivity contribution in [1.29, 1.82) is 0 Å². The van der Waals surface area contributed by atoms with E-state index in [1.807, 2.05) is 11.8 Å². The first-order valence-electron chi connectivity index (χ1n) is 14.0. The quantitative estimate of drug-likeness (QED) is 0.466. The van der Waals surface area contributed by atoms with Crippen molar-refractivity contribution in [2.24, 2.45) is 17.8 Å². The average molecular weight is 512 g/mol. The van der Waals surface area contributed by atoms with Crippen LogP contribution < -0.4 is 10.8 Å². The van der Waals surface area contributed by atoms with E-state index in [-0.39, 0.29) is 47.2 Å². The van der Waals surface area contributed by atoms with Gasteiger partial charge in [-0.2, -0.15) is 5.48 Å². The summed E-state index contributed by atoms with van der Waals surface area (Å²) in [6, 6.07) is 0.134. The summed E-state index contributed by atoms with van der Waals surface area (Å²) in [6.45, 7) is 4.83. The minimum Gasteiger partial charge on any atom is -0.353 e. The van der Waals surface area contributed by atoms with Gasteiger partial charge in [-0.05, 0) is 89.4 Å². The van der Waals surface area contributed by atoms with Crippen molar-refractivity contribution in [3.8, 4) is 0 Å². The predicted molar refractivity (Wildman–Crippen MR) is 135 cm³/mol. The predicted octanol–water partition coefficient (Wildman–Crippen LogP) is 3.31. The maximum atomic E-state index is 13.2. The Balaban J connectivity index is 1.16. The lowest BCUT2D eigenvalue weighted by Crippen LogP contribution is -2.49. The van der Waals surface area contributed by atoms with Crippen LogP contribution in [0.3, 0.4) is 0 Å². The molecule has 3 aliphatic carbocycles. The molecule has 2 N–H and O–H groups in total. The van der Waals surface area contributed by atoms with E-state index in [2.05, 4.69) is 17.7 Å². The van der Waals surface area contributed by atoms with Crippen LogP contribution in [0, 0.1) is 17.8 Å². The third-order valence-corrected chi connectivity index (χ3v) is 10.9. The molecule has 9 heteroatoms. The number of carbonyl (C=O) groups is 2. The zero-order valence-electron chi connectivity index (χ0n) is 21.5. The van der Waals surface area contributed by atoms with Gasteiger partial charge in [-0.1, -0.05) is 6.92 Å². The Morgan fingerprint density at radius 2 is 1.63 bits per heavy atom. The molecular weight excluding hydrogens is 466 g/mol. The number of hydroxylamine groups is 1. The van der Waals surface area contributed by atoms with E-state index in [4.69, 9.17) is 4.84 Å². The van der Waals surface area contributed by atoms with Crippen molar-refractivity contribution in [2.75, 3.05) is 12.3 Å². The average Bonchev–Trinajstić information content (AvgIpc) is 3.53. The minimum absolute atomic E-state index is 0.0141. The molecule has 8 nitrogen and oxygen atoms in total. The molecule has 0 aromatic rings. The summed E-state index contributed by atoms with van der Waals surface area (Å²) in [5.74, 6) is 1.36. The molecule has 35 heavy (non-hydrogen) atoms. The molecule has 0 bridgehead atoms. The summed E-state index contributed by atoms with van der Waals surface area (Å²) in [6.07, 6.45) is 10.7. The fraction of sp³-hybridized carbons (Fsp3) is 0.923. The highest BCUT2D eigenvalue weighted by molar-refractivity contribution is 7.92. The lowest BCUT2D eigenvalue weighted by molar-refractivity contribution is -0.141. The van der Waals surface area contributed by atoms with E-state index in [1.54, 1.807) is 0 Å². The summed E-state index contributed by atoms with van der Waals surface area (Å²) < 4.78 is 25.1. The second-order valence-electron chi connectivity index (χ2n) is 11.6. The van der Waals surface area contributed by atoms with Crippen LogP contribution in [0.4, 0.5) is 0 Å². The molecule has 1 heterocycles. The van der Waals surface area contributed by atoms with E-state index in [9.17, 15) is 18.0 Å². The summed E-state index contributed by atoms with van der Waals surface area (Å²) in [5, 5.41) is 3.00. The highest BCUT2D eigenvalue weighted by atomic mass is 32.2. The van der Waals surface area contributed by atoms with Crippen molar-refractivity contribution in [3.05, 3.63) is 0 Å². The Labute approximate surface area is 211 Å². The molecule has 4 fully saturated rings. The zero-order valence-corrected chi connectivity index (χ0v) is 22.4. The van der Waals surface area contributed by atoms with Crippen molar-refractivity contribution in [3.63, 3.8) is 0 Å². The molecule has 200 valence electrons. The molecule has 2 amide bonds. The lowest BCUT2D eigenvalue weighted by Gasteiger charge is -2.35. The van der Waals surface area contributed by atoms with Gasteiger partial charge in [0.15, 0.2) is 9.84 Å². The van der Waals surface area contributed by atoms with Crippen LogP contribution in [0.25, 0.3) is 0 Å². The minimum atomic E-state index is -2.97. The van der Waals surface area contributed by atoms with Gasteiger partial charge in [0.25, 0.3) is 0 Å². The molecule has 4 aliphatic rings. The molecule has 2 unspecified atom stereocenters. The zero-order chi connectivity index (χ0) is 25.0. The maximum Gasteiger partial charge on any atom is 0.227 e. The molecule has 2 atom stereocenters. The fourth-order valence-electron chi connectivity index (χ4n) is 6.17. The smallest absolute Gasteiger partial charge is 0.227 e. The molecule has 0 spiro atoms. The molecule has 4 rings (SSSR count). The molecule has 0 aromatic carbocycles. The molecule has 0 aromatic heterocycles. The van der Waals surface area contributed by atoms with E-state index in [0.29, 0.717) is 30.9 Å². The monoisotopic (exact) mass is 511 g/mol. The number of hydrogen-bond donors (Lipinski definition) is 2. The summed E-state index contributed by atoms with van der Waals surface area (Å²) in [7, 11) is -2.97. The fourth-order valence-corrected chi connectivity index (χ4v) is 8.42. The third kappa shape index (κ3) is 7.41. The molecule has 1 aliphatic heterocycles. The van der Waals surface area contributed by atoms with Crippen molar-refractivity contribution >= 4 is 21.7 Å². The van der Waals surface area contributed by atoms with Gasteiger partial charge in [0.05, 0.1) is 17.1 Å². The van der Waals surface area contributed by atoms with Crippen LogP contribution in [-0.4, -0.2) is 61.0 Å². The number of nitrogens with one attached hydrogen (secondary N) is 2. The standard InChI is InChI=1S/C26H45N3O5S/c1-3-14-29(24-15-18(2)34-28-24)26(31)21-8-10-22(11-9-21)27-25(30)16-19-6-12-23(13-7-19)35(32,33)17-20-4-5-20/h18-24,28H,3-17H2,1-2H3,(H,27,30). The Bertz CT molecular complexity index is 830. The number of hydrogen-bond acceptors (Lipinski definition) is 6. The van der Waals surface area contributed by atoms with E-state index in [0.717, 1.165) is 70.8 Å². The van der Waals surface area contributed by atoms with Crippen LogP contribution in [0.5, 0.6) is 0 Å². The number of nitrogens with zero attached hydrogens (tertiary/aromatic N) is 1. The largest absolute Gasteiger partial charge is 0.353 e. The Kier molecular flexibility index (Phi) is 9.14. The molecule has 0 radical (unpaired) electrons. The normalized spacial score (nSPS) is 33.9. The van der Waals surface area contributed by atoms with Gasteiger partial charge in [-0.25, -0.2) is 8.42 Å². The van der Waals surface area contributed by atoms with Gasteiger partial charge >= 0.3 is 0 Å². The third-order valence-electron chi connectivity index (χ3n) is 8.47. The number of carbonyl (C=O) groups excluding carboxylic acids is 2. The van der Waals surface area contributed by atoms with E-state index in [1.165, 1.54) is 0 Å². The second kappa shape index (κ2) is 11.9. The van der Waals surface area contributed by atoms with Gasteiger partial charge in [0, 0.05) is 31.3 Å². The van der Waals surface area contributed by atoms with Crippen molar-refractivity contribution < 1.29 is 22.8 Å². The van der Waals surface area contributed by atoms with Crippen LogP contribution in [0.1, 0.15) is 97.3 Å². The first kappa shape index (κ1) is 26.9. The number of amides is 2. The molecule has 3 saturated carbocycles. The van der Waals surface area contributed by atoms with Crippen LogP contribution in [0.15, 0.2) is 0 Å². The van der Waals surface area contributed by atoms with Gasteiger partial charge in [0.2, 0.25) is 11.8 Å². The van der Waals surface area contributed by atoms with Gasteiger partial charge in [0.1, 0.15) is 6.17 Å². The van der Waals surface area contributed by atoms with Gasteiger partial charge < -0.3 is 10.2 Å². The Hall–Kier alpha value is -1.19. The highest BCUT2D eigenvalue weighted by Gasteiger charge is 2.37. The number of rotatable bonds is 10. The first-order valence-corrected chi connectivity index (χ1v) is 15.7. The van der Waals surface area contributed by atoms with E-state index >= 15 is 0 Å². The first-order chi connectivity index (χ1) is 16.7. The lowest BCUT2D eigenvalue weighted by atomic mass is 9.84. The molecular formula is C26H45N3O5S. The summed E-state index contributed by atoms with van der Waals surface area (Å²) in [5.41, 5.74) is 3.02.